The molecule has 1 aliphatic heterocycles. The lowest BCUT2D eigenvalue weighted by molar-refractivity contribution is -0.134. The van der Waals surface area contributed by atoms with Crippen molar-refractivity contribution in [2.75, 3.05) is 0 Å². The van der Waals surface area contributed by atoms with E-state index in [2.05, 4.69) is 20.8 Å². The van der Waals surface area contributed by atoms with E-state index in [4.69, 9.17) is 4.74 Å². The molecule has 0 N–H and O–H groups in total. The number of hydrogen-bond donors (Lipinski definition) is 0. The number of carbonyl (C=O) groups is 1. The van der Waals surface area contributed by atoms with Crippen molar-refractivity contribution in [2.24, 2.45) is 11.3 Å². The zero-order valence-electron chi connectivity index (χ0n) is 9.88. The molecule has 0 aromatic carbocycles. The van der Waals surface area contributed by atoms with Crippen LogP contribution in [0.1, 0.15) is 46.5 Å². The molecule has 1 spiro atoms. The van der Waals surface area contributed by atoms with Crippen LogP contribution in [0.25, 0.3) is 0 Å². The minimum Gasteiger partial charge on any atom is -0.487 e. The van der Waals surface area contributed by atoms with Crippen LogP contribution in [-0.2, 0) is 9.53 Å². The molecule has 0 radical (unpaired) electrons. The molecule has 15 heavy (non-hydrogen) atoms. The molecule has 1 heterocycles. The van der Waals surface area contributed by atoms with Crippen LogP contribution >= 0.6 is 0 Å². The van der Waals surface area contributed by atoms with Gasteiger partial charge in [-0.05, 0) is 37.0 Å². The Morgan fingerprint density at radius 3 is 2.33 bits per heavy atom. The van der Waals surface area contributed by atoms with Crippen molar-refractivity contribution < 1.29 is 9.53 Å². The molecule has 0 saturated heterocycles. The van der Waals surface area contributed by atoms with Gasteiger partial charge in [0.1, 0.15) is 0 Å². The molecule has 2 heteroatoms. The molecule has 0 amide bonds. The summed E-state index contributed by atoms with van der Waals surface area (Å²) < 4.78 is 5.52. The number of ether oxygens (including phenoxy) is 1. The van der Waals surface area contributed by atoms with Gasteiger partial charge in [-0.15, -0.1) is 0 Å². The molecule has 2 rings (SSSR count). The lowest BCUT2D eigenvalue weighted by atomic mass is 9.67. The van der Waals surface area contributed by atoms with Crippen molar-refractivity contribution in [3.8, 4) is 0 Å². The predicted octanol–water partition coefficient (Wildman–Crippen LogP) is 3.07. The standard InChI is InChI=1S/C13H20O2/c1-12(2,3)10-4-7-13(8-5-10)11(14)6-9-15-13/h6,9-10H,4-5,7-8H2,1-3H3. The van der Waals surface area contributed by atoms with Crippen LogP contribution in [0.3, 0.4) is 0 Å². The van der Waals surface area contributed by atoms with Crippen LogP contribution in [-0.4, -0.2) is 11.4 Å². The number of carbonyl (C=O) groups excluding carboxylic acids is 1. The molecule has 2 aliphatic rings. The van der Waals surface area contributed by atoms with Crippen LogP contribution in [0.5, 0.6) is 0 Å². The molecule has 1 saturated carbocycles. The summed E-state index contributed by atoms with van der Waals surface area (Å²) in [7, 11) is 0. The van der Waals surface area contributed by atoms with Crippen molar-refractivity contribution in [1.82, 2.24) is 0 Å². The van der Waals surface area contributed by atoms with Crippen LogP contribution in [0.4, 0.5) is 0 Å². The van der Waals surface area contributed by atoms with E-state index in [1.165, 1.54) is 0 Å². The first-order valence-electron chi connectivity index (χ1n) is 5.83. The predicted molar refractivity (Wildman–Crippen MR) is 59.4 cm³/mol. The first-order chi connectivity index (χ1) is 6.94. The van der Waals surface area contributed by atoms with E-state index in [-0.39, 0.29) is 5.78 Å². The number of hydrogen-bond acceptors (Lipinski definition) is 2. The third kappa shape index (κ3) is 1.82. The van der Waals surface area contributed by atoms with Crippen LogP contribution < -0.4 is 0 Å². The summed E-state index contributed by atoms with van der Waals surface area (Å²) in [5.41, 5.74) is -0.113. The van der Waals surface area contributed by atoms with Crippen molar-refractivity contribution in [3.63, 3.8) is 0 Å². The summed E-state index contributed by atoms with van der Waals surface area (Å²) in [6.07, 6.45) is 7.15. The highest BCUT2D eigenvalue weighted by Gasteiger charge is 2.46. The van der Waals surface area contributed by atoms with E-state index < -0.39 is 5.60 Å². The summed E-state index contributed by atoms with van der Waals surface area (Å²) >= 11 is 0. The first kappa shape index (κ1) is 10.7. The Bertz CT molecular complexity index is 288. The van der Waals surface area contributed by atoms with Gasteiger partial charge >= 0.3 is 0 Å². The summed E-state index contributed by atoms with van der Waals surface area (Å²) in [6, 6.07) is 0. The van der Waals surface area contributed by atoms with E-state index >= 15 is 0 Å². The second-order valence-electron chi connectivity index (χ2n) is 5.92. The third-order valence-electron chi connectivity index (χ3n) is 3.98. The van der Waals surface area contributed by atoms with Gasteiger partial charge in [0, 0.05) is 6.08 Å². The third-order valence-corrected chi connectivity index (χ3v) is 3.98. The van der Waals surface area contributed by atoms with Gasteiger partial charge in [-0.2, -0.15) is 0 Å². The molecule has 1 fully saturated rings. The largest absolute Gasteiger partial charge is 0.487 e. The summed E-state index contributed by atoms with van der Waals surface area (Å²) in [5, 5.41) is 0. The Labute approximate surface area is 91.7 Å². The van der Waals surface area contributed by atoms with Gasteiger partial charge in [0.2, 0.25) is 5.78 Å². The molecule has 1 aliphatic carbocycles. The molecule has 0 unspecified atom stereocenters. The smallest absolute Gasteiger partial charge is 0.202 e. The maximum absolute atomic E-state index is 11.7. The average Bonchev–Trinajstić information content (AvgIpc) is 2.48. The number of ketones is 1. The highest BCUT2D eigenvalue weighted by molar-refractivity contribution is 5.98. The van der Waals surface area contributed by atoms with Gasteiger partial charge in [-0.1, -0.05) is 20.8 Å². The van der Waals surface area contributed by atoms with E-state index in [0.717, 1.165) is 31.6 Å². The zero-order valence-corrected chi connectivity index (χ0v) is 9.88. The fourth-order valence-electron chi connectivity index (χ4n) is 2.75. The Morgan fingerprint density at radius 2 is 1.93 bits per heavy atom. The Morgan fingerprint density at radius 1 is 1.33 bits per heavy atom. The maximum atomic E-state index is 11.7. The topological polar surface area (TPSA) is 26.3 Å². The number of rotatable bonds is 0. The highest BCUT2D eigenvalue weighted by atomic mass is 16.5. The Kier molecular flexibility index (Phi) is 2.40. The minimum atomic E-state index is -0.470. The SMILES string of the molecule is CC(C)(C)C1CCC2(CC1)OC=CC2=O. The van der Waals surface area contributed by atoms with Gasteiger partial charge in [-0.3, -0.25) is 4.79 Å². The zero-order chi connectivity index (χ0) is 11.1. The van der Waals surface area contributed by atoms with Crippen molar-refractivity contribution in [1.29, 1.82) is 0 Å². The van der Waals surface area contributed by atoms with Crippen LogP contribution in [0.15, 0.2) is 12.3 Å². The van der Waals surface area contributed by atoms with Gasteiger partial charge < -0.3 is 4.74 Å². The van der Waals surface area contributed by atoms with Crippen LogP contribution in [0.2, 0.25) is 0 Å². The van der Waals surface area contributed by atoms with Crippen LogP contribution in [0, 0.1) is 11.3 Å². The molecule has 0 aromatic rings. The Hall–Kier alpha value is -0.790. The molecule has 84 valence electrons. The fourth-order valence-corrected chi connectivity index (χ4v) is 2.75. The van der Waals surface area contributed by atoms with Crippen molar-refractivity contribution >= 4 is 5.78 Å². The second-order valence-corrected chi connectivity index (χ2v) is 5.92. The van der Waals surface area contributed by atoms with E-state index in [1.807, 2.05) is 0 Å². The lowest BCUT2D eigenvalue weighted by Gasteiger charge is -2.40. The molecule has 2 nitrogen and oxygen atoms in total. The van der Waals surface area contributed by atoms with E-state index in [0.29, 0.717) is 5.41 Å². The average molecular weight is 208 g/mol. The highest BCUT2D eigenvalue weighted by Crippen LogP contribution is 2.44. The van der Waals surface area contributed by atoms with E-state index in [9.17, 15) is 4.79 Å². The van der Waals surface area contributed by atoms with Crippen molar-refractivity contribution in [2.45, 2.75) is 52.1 Å². The fraction of sp³-hybridized carbons (Fsp3) is 0.769. The quantitative estimate of drug-likeness (QED) is 0.611. The molecule has 0 aromatic heterocycles. The monoisotopic (exact) mass is 208 g/mol. The van der Waals surface area contributed by atoms with Gasteiger partial charge in [0.15, 0.2) is 5.60 Å². The Balaban J connectivity index is 2.01. The van der Waals surface area contributed by atoms with Gasteiger partial charge in [0.25, 0.3) is 0 Å². The molecular weight excluding hydrogens is 188 g/mol. The summed E-state index contributed by atoms with van der Waals surface area (Å²) in [6.45, 7) is 6.85. The summed E-state index contributed by atoms with van der Waals surface area (Å²) in [4.78, 5) is 11.7. The minimum absolute atomic E-state index is 0.176. The molecule has 0 bridgehead atoms. The second kappa shape index (κ2) is 3.36. The van der Waals surface area contributed by atoms with Gasteiger partial charge in [-0.25, -0.2) is 0 Å². The first-order valence-corrected chi connectivity index (χ1v) is 5.83. The summed E-state index contributed by atoms with van der Waals surface area (Å²) in [5.74, 6) is 0.898. The van der Waals surface area contributed by atoms with Crippen molar-refractivity contribution in [3.05, 3.63) is 12.3 Å². The normalized spacial score (nSPS) is 35.9. The van der Waals surface area contributed by atoms with E-state index in [1.54, 1.807) is 12.3 Å². The maximum Gasteiger partial charge on any atom is 0.202 e. The van der Waals surface area contributed by atoms with Gasteiger partial charge in [0.05, 0.1) is 6.26 Å². The molecule has 0 atom stereocenters. The lowest BCUT2D eigenvalue weighted by Crippen LogP contribution is -2.42. The molecular formula is C13H20O2.